The van der Waals surface area contributed by atoms with Crippen LogP contribution in [0.1, 0.15) is 11.9 Å². The maximum Gasteiger partial charge on any atom is 0.229 e. The topological polar surface area (TPSA) is 77.4 Å². The number of ether oxygens (including phenoxy) is 4. The first-order valence-corrected chi connectivity index (χ1v) is 8.28. The van der Waals surface area contributed by atoms with Crippen molar-refractivity contribution in [2.45, 2.75) is 37.0 Å². The molecule has 0 aliphatic carbocycles. The van der Waals surface area contributed by atoms with Crippen LogP contribution in [-0.2, 0) is 14.2 Å². The minimum Gasteiger partial charge on any atom is -0.462 e. The third kappa shape index (κ3) is 3.40. The van der Waals surface area contributed by atoms with Crippen molar-refractivity contribution < 1.29 is 29.2 Å². The average molecular weight is 344 g/mol. The molecular weight excluding hydrogens is 324 g/mol. The molecule has 25 heavy (non-hydrogen) atoms. The zero-order valence-corrected chi connectivity index (χ0v) is 13.5. The molecule has 6 heteroatoms. The van der Waals surface area contributed by atoms with Crippen molar-refractivity contribution in [3.8, 4) is 5.75 Å². The van der Waals surface area contributed by atoms with Gasteiger partial charge in [0.2, 0.25) is 6.29 Å². The van der Waals surface area contributed by atoms with Gasteiger partial charge in [-0.3, -0.25) is 0 Å². The fourth-order valence-electron chi connectivity index (χ4n) is 3.09. The van der Waals surface area contributed by atoms with E-state index < -0.39 is 37.0 Å². The molecule has 6 atom stereocenters. The lowest BCUT2D eigenvalue weighted by Crippen LogP contribution is -2.62. The van der Waals surface area contributed by atoms with Crippen molar-refractivity contribution in [2.24, 2.45) is 0 Å². The molecule has 4 rings (SSSR count). The quantitative estimate of drug-likeness (QED) is 0.881. The second kappa shape index (κ2) is 7.11. The van der Waals surface area contributed by atoms with Gasteiger partial charge in [0.05, 0.1) is 6.61 Å². The first kappa shape index (κ1) is 16.5. The van der Waals surface area contributed by atoms with Gasteiger partial charge in [-0.25, -0.2) is 0 Å². The molecule has 2 aliphatic heterocycles. The van der Waals surface area contributed by atoms with Crippen LogP contribution in [0.25, 0.3) is 0 Å². The Morgan fingerprint density at radius 2 is 1.52 bits per heavy atom. The van der Waals surface area contributed by atoms with Crippen LogP contribution in [0.4, 0.5) is 0 Å². The first-order chi connectivity index (χ1) is 12.2. The Kier molecular flexibility index (Phi) is 4.70. The molecule has 2 aromatic carbocycles. The highest BCUT2D eigenvalue weighted by atomic mass is 16.8. The van der Waals surface area contributed by atoms with E-state index in [9.17, 15) is 10.2 Å². The van der Waals surface area contributed by atoms with Gasteiger partial charge in [0.1, 0.15) is 30.2 Å². The van der Waals surface area contributed by atoms with Gasteiger partial charge in [-0.2, -0.15) is 0 Å². The molecule has 2 saturated heterocycles. The fraction of sp³-hybridized carbons (Fsp3) is 0.368. The number of fused-ring (bicyclic) bond motifs is 1. The maximum absolute atomic E-state index is 10.5. The second-order valence-corrected chi connectivity index (χ2v) is 6.13. The third-order valence-electron chi connectivity index (χ3n) is 4.40. The zero-order valence-electron chi connectivity index (χ0n) is 13.5. The monoisotopic (exact) mass is 344 g/mol. The Morgan fingerprint density at radius 1 is 0.840 bits per heavy atom. The molecule has 0 bridgehead atoms. The van der Waals surface area contributed by atoms with Crippen LogP contribution in [0.5, 0.6) is 5.75 Å². The van der Waals surface area contributed by atoms with Crippen molar-refractivity contribution in [3.63, 3.8) is 0 Å². The van der Waals surface area contributed by atoms with Gasteiger partial charge in [-0.05, 0) is 12.1 Å². The lowest BCUT2D eigenvalue weighted by Gasteiger charge is -2.46. The number of hydrogen-bond donors (Lipinski definition) is 2. The highest BCUT2D eigenvalue weighted by molar-refractivity contribution is 5.21. The molecule has 2 aliphatic rings. The summed E-state index contributed by atoms with van der Waals surface area (Å²) in [4.78, 5) is 0. The van der Waals surface area contributed by atoms with E-state index in [2.05, 4.69) is 0 Å². The van der Waals surface area contributed by atoms with Gasteiger partial charge >= 0.3 is 0 Å². The van der Waals surface area contributed by atoms with Gasteiger partial charge < -0.3 is 29.2 Å². The van der Waals surface area contributed by atoms with E-state index in [1.54, 1.807) is 12.1 Å². The Bertz CT molecular complexity index is 677. The molecule has 6 nitrogen and oxygen atoms in total. The SMILES string of the molecule is O[C@@H]1[C@@H](O)[C@H](Oc2ccccc2)O[C@@H]2COC(c3ccccc3)O[C@H]12. The second-order valence-electron chi connectivity index (χ2n) is 6.13. The van der Waals surface area contributed by atoms with Crippen LogP contribution < -0.4 is 4.74 Å². The van der Waals surface area contributed by atoms with Crippen molar-refractivity contribution >= 4 is 0 Å². The molecule has 0 saturated carbocycles. The molecule has 2 fully saturated rings. The number of para-hydroxylation sites is 1. The van der Waals surface area contributed by atoms with Crippen molar-refractivity contribution in [3.05, 3.63) is 66.2 Å². The van der Waals surface area contributed by atoms with Crippen molar-refractivity contribution in [1.29, 1.82) is 0 Å². The summed E-state index contributed by atoms with van der Waals surface area (Å²) in [5.41, 5.74) is 0.852. The number of benzene rings is 2. The smallest absolute Gasteiger partial charge is 0.229 e. The number of aliphatic hydroxyl groups is 2. The average Bonchev–Trinajstić information content (AvgIpc) is 2.67. The highest BCUT2D eigenvalue weighted by Gasteiger charge is 2.49. The molecule has 1 unspecified atom stereocenters. The Morgan fingerprint density at radius 3 is 2.24 bits per heavy atom. The van der Waals surface area contributed by atoms with E-state index >= 15 is 0 Å². The number of rotatable bonds is 3. The maximum atomic E-state index is 10.5. The minimum atomic E-state index is -1.23. The number of aliphatic hydroxyl groups excluding tert-OH is 2. The first-order valence-electron chi connectivity index (χ1n) is 8.28. The molecule has 0 spiro atoms. The molecule has 2 aromatic rings. The summed E-state index contributed by atoms with van der Waals surface area (Å²) in [6.45, 7) is 0.239. The summed E-state index contributed by atoms with van der Waals surface area (Å²) < 4.78 is 23.0. The summed E-state index contributed by atoms with van der Waals surface area (Å²) in [6.07, 6.45) is -5.16. The summed E-state index contributed by atoms with van der Waals surface area (Å²) in [7, 11) is 0. The molecule has 0 amide bonds. The van der Waals surface area contributed by atoms with E-state index in [1.165, 1.54) is 0 Å². The normalized spacial score (nSPS) is 35.0. The van der Waals surface area contributed by atoms with Crippen LogP contribution in [0.2, 0.25) is 0 Å². The summed E-state index contributed by atoms with van der Waals surface area (Å²) >= 11 is 0. The Balaban J connectivity index is 1.46. The van der Waals surface area contributed by atoms with E-state index in [0.717, 1.165) is 5.56 Å². The number of hydrogen-bond acceptors (Lipinski definition) is 6. The Hall–Kier alpha value is -1.96. The van der Waals surface area contributed by atoms with Gasteiger partial charge in [-0.1, -0.05) is 48.5 Å². The molecule has 2 N–H and O–H groups in total. The van der Waals surface area contributed by atoms with E-state index in [-0.39, 0.29) is 6.61 Å². The predicted octanol–water partition coefficient (Wildman–Crippen LogP) is 1.63. The Labute approximate surface area is 145 Å². The molecule has 0 radical (unpaired) electrons. The van der Waals surface area contributed by atoms with Gasteiger partial charge in [-0.15, -0.1) is 0 Å². The summed E-state index contributed by atoms with van der Waals surface area (Å²) in [6, 6.07) is 18.5. The van der Waals surface area contributed by atoms with Crippen LogP contribution in [0, 0.1) is 0 Å². The summed E-state index contributed by atoms with van der Waals surface area (Å²) in [5.74, 6) is 0.553. The largest absolute Gasteiger partial charge is 0.462 e. The predicted molar refractivity (Wildman–Crippen MR) is 87.8 cm³/mol. The summed E-state index contributed by atoms with van der Waals surface area (Å²) in [5, 5.41) is 20.9. The van der Waals surface area contributed by atoms with Crippen molar-refractivity contribution in [1.82, 2.24) is 0 Å². The van der Waals surface area contributed by atoms with Crippen LogP contribution in [0.15, 0.2) is 60.7 Å². The minimum absolute atomic E-state index is 0.239. The van der Waals surface area contributed by atoms with E-state index in [1.807, 2.05) is 48.5 Å². The van der Waals surface area contributed by atoms with Gasteiger partial charge in [0.25, 0.3) is 0 Å². The molecular formula is C19H20O6. The molecule has 0 aromatic heterocycles. The van der Waals surface area contributed by atoms with Gasteiger partial charge in [0, 0.05) is 5.56 Å². The van der Waals surface area contributed by atoms with Crippen molar-refractivity contribution in [2.75, 3.05) is 6.61 Å². The standard InChI is InChI=1S/C19H20O6/c20-15-16(21)19(23-13-9-5-2-6-10-13)24-14-11-22-18(25-17(14)15)12-7-3-1-4-8-12/h1-10,14-21H,11H2/t14-,15-,16-,17+,18?,19-/m1/s1. The molecule has 132 valence electrons. The lowest BCUT2D eigenvalue weighted by atomic mass is 9.98. The van der Waals surface area contributed by atoms with Crippen LogP contribution >= 0.6 is 0 Å². The van der Waals surface area contributed by atoms with Crippen LogP contribution in [0.3, 0.4) is 0 Å². The highest BCUT2D eigenvalue weighted by Crippen LogP contribution is 2.34. The molecule has 2 heterocycles. The van der Waals surface area contributed by atoms with E-state index in [4.69, 9.17) is 18.9 Å². The zero-order chi connectivity index (χ0) is 17.2. The van der Waals surface area contributed by atoms with E-state index in [0.29, 0.717) is 5.75 Å². The lowest BCUT2D eigenvalue weighted by molar-refractivity contribution is -0.350. The van der Waals surface area contributed by atoms with Crippen LogP contribution in [-0.4, -0.2) is 47.5 Å². The fourth-order valence-corrected chi connectivity index (χ4v) is 3.09. The van der Waals surface area contributed by atoms with Gasteiger partial charge in [0.15, 0.2) is 6.29 Å². The third-order valence-corrected chi connectivity index (χ3v) is 4.40.